The quantitative estimate of drug-likeness (QED) is 0.415. The van der Waals surface area contributed by atoms with Crippen LogP contribution in [0.5, 0.6) is 0 Å². The first kappa shape index (κ1) is 20.9. The molecule has 0 unspecified atom stereocenters. The topological polar surface area (TPSA) is 20.3 Å². The summed E-state index contributed by atoms with van der Waals surface area (Å²) < 4.78 is 13.6. The molecule has 1 aliphatic heterocycles. The SMILES string of the molecule is CCN1/C(=C\C(=O)C2(c3ccc(F)cc3)CCCC2)C(C)(C)c2c1ccc1ccccc21. The Kier molecular flexibility index (Phi) is 4.96. The Bertz CT molecular complexity index is 1220. The summed E-state index contributed by atoms with van der Waals surface area (Å²) in [6, 6.07) is 19.4. The van der Waals surface area contributed by atoms with Crippen molar-refractivity contribution in [1.82, 2.24) is 0 Å². The fraction of sp³-hybridized carbons (Fsp3) is 0.345. The second kappa shape index (κ2) is 7.58. The Labute approximate surface area is 189 Å². The molecule has 164 valence electrons. The van der Waals surface area contributed by atoms with Gasteiger partial charge in [0, 0.05) is 29.4 Å². The maximum absolute atomic E-state index is 14.0. The van der Waals surface area contributed by atoms with E-state index in [9.17, 15) is 9.18 Å². The van der Waals surface area contributed by atoms with Gasteiger partial charge in [-0.2, -0.15) is 0 Å². The molecule has 0 N–H and O–H groups in total. The number of likely N-dealkylation sites (N-methyl/N-ethyl adjacent to an activating group) is 1. The number of halogens is 1. The lowest BCUT2D eigenvalue weighted by Crippen LogP contribution is -2.34. The smallest absolute Gasteiger partial charge is 0.167 e. The van der Waals surface area contributed by atoms with Gasteiger partial charge in [0.2, 0.25) is 0 Å². The molecular weight excluding hydrogens is 397 g/mol. The molecule has 1 saturated carbocycles. The lowest BCUT2D eigenvalue weighted by molar-refractivity contribution is -0.119. The Morgan fingerprint density at radius 3 is 2.38 bits per heavy atom. The van der Waals surface area contributed by atoms with Crippen molar-refractivity contribution in [3.63, 3.8) is 0 Å². The molecule has 32 heavy (non-hydrogen) atoms. The minimum atomic E-state index is -0.549. The number of hydrogen-bond donors (Lipinski definition) is 0. The highest BCUT2D eigenvalue weighted by Gasteiger charge is 2.45. The number of nitrogens with zero attached hydrogens (tertiary/aromatic N) is 1. The number of rotatable bonds is 4. The van der Waals surface area contributed by atoms with Gasteiger partial charge in [-0.15, -0.1) is 0 Å². The lowest BCUT2D eigenvalue weighted by atomic mass is 9.73. The van der Waals surface area contributed by atoms with Crippen LogP contribution in [0.4, 0.5) is 10.1 Å². The van der Waals surface area contributed by atoms with Crippen LogP contribution in [-0.4, -0.2) is 12.3 Å². The molecule has 1 heterocycles. The summed E-state index contributed by atoms with van der Waals surface area (Å²) in [4.78, 5) is 16.3. The molecule has 1 aliphatic carbocycles. The number of hydrogen-bond acceptors (Lipinski definition) is 2. The number of anilines is 1. The van der Waals surface area contributed by atoms with E-state index in [0.717, 1.165) is 43.5 Å². The van der Waals surface area contributed by atoms with Gasteiger partial charge >= 0.3 is 0 Å². The number of benzene rings is 3. The summed E-state index contributed by atoms with van der Waals surface area (Å²) in [6.07, 6.45) is 5.61. The van der Waals surface area contributed by atoms with E-state index >= 15 is 0 Å². The van der Waals surface area contributed by atoms with Crippen LogP contribution in [0, 0.1) is 5.82 Å². The molecule has 3 aromatic rings. The zero-order valence-electron chi connectivity index (χ0n) is 19.1. The number of ketones is 1. The van der Waals surface area contributed by atoms with Crippen molar-refractivity contribution in [2.45, 2.75) is 57.3 Å². The fourth-order valence-corrected chi connectivity index (χ4v) is 6.02. The minimum Gasteiger partial charge on any atom is -0.344 e. The predicted molar refractivity (Wildman–Crippen MR) is 130 cm³/mol. The summed E-state index contributed by atoms with van der Waals surface area (Å²) in [5.41, 5.74) is 3.65. The van der Waals surface area contributed by atoms with Crippen LogP contribution in [0.25, 0.3) is 10.8 Å². The van der Waals surface area contributed by atoms with Crippen molar-refractivity contribution in [2.24, 2.45) is 0 Å². The third kappa shape index (κ3) is 3.02. The molecular formula is C29H30FNO. The standard InChI is InChI=1S/C29H30FNO/c1-4-31-24-16-11-20-9-5-6-10-23(20)27(24)28(2,3)25(31)19-26(32)29(17-7-8-18-29)21-12-14-22(30)15-13-21/h5-6,9-16,19H,4,7-8,17-18H2,1-3H3/b25-19-. The molecule has 3 aromatic carbocycles. The maximum atomic E-state index is 14.0. The summed E-state index contributed by atoms with van der Waals surface area (Å²) in [7, 11) is 0. The summed E-state index contributed by atoms with van der Waals surface area (Å²) in [5, 5.41) is 2.47. The molecule has 0 bridgehead atoms. The summed E-state index contributed by atoms with van der Waals surface area (Å²) >= 11 is 0. The second-order valence-corrected chi connectivity index (χ2v) is 9.74. The summed E-state index contributed by atoms with van der Waals surface area (Å²) in [6.45, 7) is 7.40. The molecule has 0 atom stereocenters. The monoisotopic (exact) mass is 427 g/mol. The normalized spacial score (nSPS) is 20.1. The van der Waals surface area contributed by atoms with Crippen molar-refractivity contribution in [2.75, 3.05) is 11.4 Å². The van der Waals surface area contributed by atoms with Crippen molar-refractivity contribution in [3.05, 3.63) is 89.4 Å². The highest BCUT2D eigenvalue weighted by Crippen LogP contribution is 2.51. The Hall–Kier alpha value is -2.94. The molecule has 0 amide bonds. The van der Waals surface area contributed by atoms with Crippen molar-refractivity contribution in [3.8, 4) is 0 Å². The van der Waals surface area contributed by atoms with Gasteiger partial charge in [0.05, 0.1) is 5.41 Å². The predicted octanol–water partition coefficient (Wildman–Crippen LogP) is 7.06. The van der Waals surface area contributed by atoms with Crippen LogP contribution >= 0.6 is 0 Å². The van der Waals surface area contributed by atoms with Crippen LogP contribution in [0.15, 0.2) is 72.4 Å². The third-order valence-electron chi connectivity index (χ3n) is 7.66. The van der Waals surface area contributed by atoms with E-state index in [1.165, 1.54) is 34.2 Å². The van der Waals surface area contributed by atoms with Crippen LogP contribution in [0.2, 0.25) is 0 Å². The van der Waals surface area contributed by atoms with Gasteiger partial charge in [-0.1, -0.05) is 69.2 Å². The highest BCUT2D eigenvalue weighted by atomic mass is 19.1. The van der Waals surface area contributed by atoms with Gasteiger partial charge in [0.25, 0.3) is 0 Å². The molecule has 0 aromatic heterocycles. The molecule has 3 heteroatoms. The third-order valence-corrected chi connectivity index (χ3v) is 7.66. The van der Waals surface area contributed by atoms with Gasteiger partial charge in [-0.05, 0) is 59.9 Å². The van der Waals surface area contributed by atoms with E-state index in [1.807, 2.05) is 6.08 Å². The van der Waals surface area contributed by atoms with Gasteiger partial charge in [0.1, 0.15) is 5.82 Å². The zero-order valence-corrected chi connectivity index (χ0v) is 19.1. The zero-order chi connectivity index (χ0) is 22.5. The van der Waals surface area contributed by atoms with Crippen molar-refractivity contribution >= 4 is 22.2 Å². The second-order valence-electron chi connectivity index (χ2n) is 9.74. The van der Waals surface area contributed by atoms with Crippen molar-refractivity contribution < 1.29 is 9.18 Å². The molecule has 0 spiro atoms. The molecule has 1 fully saturated rings. The van der Waals surface area contributed by atoms with Gasteiger partial charge in [0.15, 0.2) is 5.78 Å². The number of carbonyl (C=O) groups excluding carboxylic acids is 1. The molecule has 0 saturated heterocycles. The van der Waals surface area contributed by atoms with Gasteiger partial charge < -0.3 is 4.90 Å². The van der Waals surface area contributed by atoms with Crippen LogP contribution in [0.1, 0.15) is 57.6 Å². The van der Waals surface area contributed by atoms with E-state index in [0.29, 0.717) is 0 Å². The first-order valence-electron chi connectivity index (χ1n) is 11.7. The largest absolute Gasteiger partial charge is 0.344 e. The van der Waals surface area contributed by atoms with E-state index in [-0.39, 0.29) is 17.0 Å². The molecule has 5 rings (SSSR count). The number of carbonyl (C=O) groups is 1. The first-order chi connectivity index (χ1) is 15.4. The lowest BCUT2D eigenvalue weighted by Gasteiger charge is -2.30. The highest BCUT2D eigenvalue weighted by molar-refractivity contribution is 6.02. The fourth-order valence-electron chi connectivity index (χ4n) is 6.02. The Morgan fingerprint density at radius 1 is 1.00 bits per heavy atom. The van der Waals surface area contributed by atoms with Crippen molar-refractivity contribution in [1.29, 1.82) is 0 Å². The van der Waals surface area contributed by atoms with Gasteiger partial charge in [-0.3, -0.25) is 4.79 Å². The molecule has 2 aliphatic rings. The molecule has 0 radical (unpaired) electrons. The maximum Gasteiger partial charge on any atom is 0.167 e. The minimum absolute atomic E-state index is 0.153. The van der Waals surface area contributed by atoms with Crippen LogP contribution in [-0.2, 0) is 15.6 Å². The van der Waals surface area contributed by atoms with Crippen LogP contribution < -0.4 is 4.90 Å². The van der Waals surface area contributed by atoms with Gasteiger partial charge in [-0.25, -0.2) is 4.39 Å². The Morgan fingerprint density at radius 2 is 1.69 bits per heavy atom. The van der Waals surface area contributed by atoms with E-state index in [1.54, 1.807) is 12.1 Å². The first-order valence-corrected chi connectivity index (χ1v) is 11.7. The van der Waals surface area contributed by atoms with E-state index in [4.69, 9.17) is 0 Å². The molecule has 2 nitrogen and oxygen atoms in total. The number of fused-ring (bicyclic) bond motifs is 3. The van der Waals surface area contributed by atoms with E-state index < -0.39 is 5.41 Å². The average molecular weight is 428 g/mol. The average Bonchev–Trinajstić information content (AvgIpc) is 3.37. The summed E-state index contributed by atoms with van der Waals surface area (Å²) in [5.74, 6) is -0.107. The Balaban J connectivity index is 1.64. The number of allylic oxidation sites excluding steroid dienone is 2. The van der Waals surface area contributed by atoms with E-state index in [2.05, 4.69) is 62.1 Å². The van der Waals surface area contributed by atoms with Crippen LogP contribution in [0.3, 0.4) is 0 Å².